The molecule has 102 valence electrons. The van der Waals surface area contributed by atoms with Crippen LogP contribution in [-0.4, -0.2) is 16.3 Å². The SMILES string of the molecule is CCNC(c1ccc(Br)c(F)c1)c1c(Cl)cnn1C. The Morgan fingerprint density at radius 1 is 1.53 bits per heavy atom. The summed E-state index contributed by atoms with van der Waals surface area (Å²) in [5.74, 6) is -0.293. The van der Waals surface area contributed by atoms with Gasteiger partial charge in [-0.1, -0.05) is 24.6 Å². The fourth-order valence-corrected chi connectivity index (χ4v) is 2.54. The van der Waals surface area contributed by atoms with Crippen molar-refractivity contribution in [1.29, 1.82) is 0 Å². The molecule has 19 heavy (non-hydrogen) atoms. The number of nitrogens with one attached hydrogen (secondary N) is 1. The van der Waals surface area contributed by atoms with Gasteiger partial charge < -0.3 is 5.32 Å². The van der Waals surface area contributed by atoms with Gasteiger partial charge in [-0.15, -0.1) is 0 Å². The van der Waals surface area contributed by atoms with Crippen LogP contribution in [0.5, 0.6) is 0 Å². The number of aromatic nitrogens is 2. The van der Waals surface area contributed by atoms with E-state index >= 15 is 0 Å². The number of rotatable bonds is 4. The third kappa shape index (κ3) is 2.99. The Morgan fingerprint density at radius 3 is 2.79 bits per heavy atom. The summed E-state index contributed by atoms with van der Waals surface area (Å²) < 4.78 is 15.8. The first-order valence-corrected chi connectivity index (χ1v) is 7.07. The second-order valence-electron chi connectivity index (χ2n) is 4.17. The maximum absolute atomic E-state index is 13.7. The number of hydrogen-bond donors (Lipinski definition) is 1. The van der Waals surface area contributed by atoms with E-state index in [4.69, 9.17) is 11.6 Å². The molecule has 6 heteroatoms. The van der Waals surface area contributed by atoms with Gasteiger partial charge in [-0.2, -0.15) is 5.10 Å². The number of halogens is 3. The van der Waals surface area contributed by atoms with Crippen LogP contribution in [0.1, 0.15) is 24.2 Å². The second kappa shape index (κ2) is 6.03. The summed E-state index contributed by atoms with van der Waals surface area (Å²) in [7, 11) is 1.82. The Balaban J connectivity index is 2.48. The molecular formula is C13H14BrClFN3. The second-order valence-corrected chi connectivity index (χ2v) is 5.43. The van der Waals surface area contributed by atoms with Crippen molar-refractivity contribution < 1.29 is 4.39 Å². The highest BCUT2D eigenvalue weighted by atomic mass is 79.9. The Morgan fingerprint density at radius 2 is 2.26 bits per heavy atom. The van der Waals surface area contributed by atoms with Crippen LogP contribution in [0.15, 0.2) is 28.9 Å². The summed E-state index contributed by atoms with van der Waals surface area (Å²) in [4.78, 5) is 0. The highest BCUT2D eigenvalue weighted by molar-refractivity contribution is 9.10. The van der Waals surface area contributed by atoms with Crippen molar-refractivity contribution >= 4 is 27.5 Å². The van der Waals surface area contributed by atoms with E-state index in [1.807, 2.05) is 20.0 Å². The average molecular weight is 347 g/mol. The van der Waals surface area contributed by atoms with Gasteiger partial charge >= 0.3 is 0 Å². The first-order chi connectivity index (χ1) is 9.04. The normalized spacial score (nSPS) is 12.7. The summed E-state index contributed by atoms with van der Waals surface area (Å²) in [6, 6.07) is 4.87. The lowest BCUT2D eigenvalue weighted by Crippen LogP contribution is -2.24. The zero-order valence-electron chi connectivity index (χ0n) is 10.6. The van der Waals surface area contributed by atoms with Crippen LogP contribution in [0.3, 0.4) is 0 Å². The van der Waals surface area contributed by atoms with Crippen molar-refractivity contribution in [3.05, 3.63) is 51.0 Å². The molecule has 0 bridgehead atoms. The smallest absolute Gasteiger partial charge is 0.137 e. The molecule has 0 aliphatic heterocycles. The van der Waals surface area contributed by atoms with E-state index in [1.54, 1.807) is 16.9 Å². The first kappa shape index (κ1) is 14.5. The average Bonchev–Trinajstić information content (AvgIpc) is 2.70. The van der Waals surface area contributed by atoms with Crippen LogP contribution in [0.25, 0.3) is 0 Å². The molecule has 1 heterocycles. The Hall–Kier alpha value is -0.910. The highest BCUT2D eigenvalue weighted by Crippen LogP contribution is 2.29. The van der Waals surface area contributed by atoms with Crippen LogP contribution in [-0.2, 0) is 7.05 Å². The van der Waals surface area contributed by atoms with Gasteiger partial charge in [0.15, 0.2) is 0 Å². The third-order valence-corrected chi connectivity index (χ3v) is 3.83. The lowest BCUT2D eigenvalue weighted by atomic mass is 10.0. The topological polar surface area (TPSA) is 29.9 Å². The molecule has 1 N–H and O–H groups in total. The van der Waals surface area contributed by atoms with E-state index < -0.39 is 0 Å². The largest absolute Gasteiger partial charge is 0.305 e. The summed E-state index contributed by atoms with van der Waals surface area (Å²) in [6.45, 7) is 2.73. The Labute approximate surface area is 124 Å². The number of benzene rings is 1. The molecule has 2 rings (SSSR count). The van der Waals surface area contributed by atoms with Gasteiger partial charge in [-0.3, -0.25) is 4.68 Å². The standard InChI is InChI=1S/C13H14BrClFN3/c1-3-17-12(13-10(15)7-18-19(13)2)8-4-5-9(14)11(16)6-8/h4-7,12,17H,3H2,1-2H3. The number of aryl methyl sites for hydroxylation is 1. The van der Waals surface area contributed by atoms with Crippen molar-refractivity contribution in [2.45, 2.75) is 13.0 Å². The first-order valence-electron chi connectivity index (χ1n) is 5.90. The number of nitrogens with zero attached hydrogens (tertiary/aromatic N) is 2. The maximum Gasteiger partial charge on any atom is 0.137 e. The molecule has 2 aromatic rings. The molecule has 0 spiro atoms. The van der Waals surface area contributed by atoms with Gasteiger partial charge in [0, 0.05) is 7.05 Å². The van der Waals surface area contributed by atoms with Crippen LogP contribution in [0.4, 0.5) is 4.39 Å². The predicted octanol–water partition coefficient (Wildman–Crippen LogP) is 3.67. The van der Waals surface area contributed by atoms with Crippen molar-refractivity contribution in [3.63, 3.8) is 0 Å². The van der Waals surface area contributed by atoms with Gasteiger partial charge in [0.2, 0.25) is 0 Å². The van der Waals surface area contributed by atoms with Gasteiger partial charge in [0.05, 0.1) is 27.4 Å². The van der Waals surface area contributed by atoms with Crippen LogP contribution in [0.2, 0.25) is 5.02 Å². The van der Waals surface area contributed by atoms with E-state index in [1.165, 1.54) is 6.07 Å². The zero-order valence-corrected chi connectivity index (χ0v) is 13.0. The van der Waals surface area contributed by atoms with E-state index in [0.717, 1.165) is 17.8 Å². The van der Waals surface area contributed by atoms with Crippen molar-refractivity contribution in [1.82, 2.24) is 15.1 Å². The van der Waals surface area contributed by atoms with Gasteiger partial charge in [-0.25, -0.2) is 4.39 Å². The molecule has 0 radical (unpaired) electrons. The maximum atomic E-state index is 13.7. The van der Waals surface area contributed by atoms with Gasteiger partial charge in [0.1, 0.15) is 5.82 Å². The highest BCUT2D eigenvalue weighted by Gasteiger charge is 2.21. The molecule has 1 unspecified atom stereocenters. The van der Waals surface area contributed by atoms with Crippen molar-refractivity contribution in [2.75, 3.05) is 6.54 Å². The van der Waals surface area contributed by atoms with E-state index in [9.17, 15) is 4.39 Å². The molecule has 0 saturated carbocycles. The third-order valence-electron chi connectivity index (χ3n) is 2.90. The van der Waals surface area contributed by atoms with E-state index in [-0.39, 0.29) is 11.9 Å². The monoisotopic (exact) mass is 345 g/mol. The molecular weight excluding hydrogens is 333 g/mol. The minimum absolute atomic E-state index is 0.187. The van der Waals surface area contributed by atoms with Crippen LogP contribution >= 0.6 is 27.5 Å². The fourth-order valence-electron chi connectivity index (χ4n) is 2.01. The van der Waals surface area contributed by atoms with Crippen molar-refractivity contribution in [3.8, 4) is 0 Å². The lowest BCUT2D eigenvalue weighted by Gasteiger charge is -2.19. The number of hydrogen-bond acceptors (Lipinski definition) is 2. The van der Waals surface area contributed by atoms with Gasteiger partial charge in [-0.05, 0) is 40.2 Å². The van der Waals surface area contributed by atoms with Crippen LogP contribution in [0, 0.1) is 5.82 Å². The molecule has 1 atom stereocenters. The molecule has 0 aliphatic carbocycles. The Kier molecular flexibility index (Phi) is 4.60. The molecule has 0 amide bonds. The van der Waals surface area contributed by atoms with Gasteiger partial charge in [0.25, 0.3) is 0 Å². The quantitative estimate of drug-likeness (QED) is 0.915. The molecule has 1 aromatic carbocycles. The van der Waals surface area contributed by atoms with Crippen molar-refractivity contribution in [2.24, 2.45) is 7.05 Å². The molecule has 1 aromatic heterocycles. The predicted molar refractivity (Wildman–Crippen MR) is 77.8 cm³/mol. The van der Waals surface area contributed by atoms with E-state index in [0.29, 0.717) is 9.50 Å². The van der Waals surface area contributed by atoms with E-state index in [2.05, 4.69) is 26.3 Å². The summed E-state index contributed by atoms with van der Waals surface area (Å²) in [5, 5.41) is 8.00. The summed E-state index contributed by atoms with van der Waals surface area (Å²) >= 11 is 9.33. The zero-order chi connectivity index (χ0) is 14.0. The summed E-state index contributed by atoms with van der Waals surface area (Å²) in [6.07, 6.45) is 1.59. The van der Waals surface area contributed by atoms with Crippen LogP contribution < -0.4 is 5.32 Å². The summed E-state index contributed by atoms with van der Waals surface area (Å²) in [5.41, 5.74) is 1.64. The molecule has 3 nitrogen and oxygen atoms in total. The molecule has 0 saturated heterocycles. The Bertz CT molecular complexity index is 566. The molecule has 0 aliphatic rings. The lowest BCUT2D eigenvalue weighted by molar-refractivity contribution is 0.563. The minimum Gasteiger partial charge on any atom is -0.305 e. The minimum atomic E-state index is -0.293. The molecule has 0 fully saturated rings. The fraction of sp³-hybridized carbons (Fsp3) is 0.308.